The number of halogens is 6. The molecule has 0 saturated heterocycles. The number of rotatable bonds is 3. The lowest BCUT2D eigenvalue weighted by Gasteiger charge is -2.12. The summed E-state index contributed by atoms with van der Waals surface area (Å²) in [6.45, 7) is 0.314. The highest BCUT2D eigenvalue weighted by molar-refractivity contribution is 9.10. The first-order chi connectivity index (χ1) is 9.77. The van der Waals surface area contributed by atoms with E-state index in [1.165, 1.54) is 6.07 Å². The Morgan fingerprint density at radius 1 is 1.00 bits per heavy atom. The van der Waals surface area contributed by atoms with Gasteiger partial charge in [-0.15, -0.1) is 0 Å². The maximum atomic E-state index is 12.7. The molecular formula is C14H9BrCl2F3N. The third-order valence-corrected chi connectivity index (χ3v) is 4.32. The van der Waals surface area contributed by atoms with Gasteiger partial charge >= 0.3 is 6.18 Å². The molecule has 0 fully saturated rings. The Labute approximate surface area is 138 Å². The highest BCUT2D eigenvalue weighted by Crippen LogP contribution is 2.34. The van der Waals surface area contributed by atoms with Crippen LogP contribution in [0.1, 0.15) is 11.1 Å². The average molecular weight is 399 g/mol. The number of alkyl halides is 3. The molecule has 2 aromatic carbocycles. The Morgan fingerprint density at radius 3 is 2.33 bits per heavy atom. The molecule has 0 radical (unpaired) electrons. The molecule has 112 valence electrons. The molecule has 0 spiro atoms. The number of hydrogen-bond acceptors (Lipinski definition) is 1. The van der Waals surface area contributed by atoms with Gasteiger partial charge in [0, 0.05) is 11.0 Å². The Hall–Kier alpha value is -0.910. The lowest BCUT2D eigenvalue weighted by atomic mass is 10.1. The van der Waals surface area contributed by atoms with E-state index in [1.54, 1.807) is 12.1 Å². The summed E-state index contributed by atoms with van der Waals surface area (Å²) in [6.07, 6.45) is -4.40. The fourth-order valence-corrected chi connectivity index (χ4v) is 2.32. The van der Waals surface area contributed by atoms with Gasteiger partial charge in [0.2, 0.25) is 0 Å². The lowest BCUT2D eigenvalue weighted by molar-refractivity contribution is -0.137. The summed E-state index contributed by atoms with van der Waals surface area (Å²) >= 11 is 15.1. The van der Waals surface area contributed by atoms with Crippen LogP contribution in [0.4, 0.5) is 18.9 Å². The van der Waals surface area contributed by atoms with Crippen LogP contribution in [0.25, 0.3) is 0 Å². The first-order valence-electron chi connectivity index (χ1n) is 5.82. The molecule has 0 aliphatic heterocycles. The summed E-state index contributed by atoms with van der Waals surface area (Å²) < 4.78 is 38.8. The molecule has 0 bridgehead atoms. The van der Waals surface area contributed by atoms with Crippen LogP contribution in [0, 0.1) is 0 Å². The van der Waals surface area contributed by atoms with Crippen molar-refractivity contribution in [3.8, 4) is 0 Å². The molecule has 2 aromatic rings. The van der Waals surface area contributed by atoms with Crippen molar-refractivity contribution in [3.05, 3.63) is 62.0 Å². The van der Waals surface area contributed by atoms with Crippen LogP contribution in [-0.4, -0.2) is 0 Å². The van der Waals surface area contributed by atoms with Gasteiger partial charge in [0.05, 0.1) is 21.3 Å². The van der Waals surface area contributed by atoms with Crippen LogP contribution in [-0.2, 0) is 12.7 Å². The van der Waals surface area contributed by atoms with Crippen molar-refractivity contribution in [3.63, 3.8) is 0 Å². The zero-order valence-electron chi connectivity index (χ0n) is 10.4. The van der Waals surface area contributed by atoms with Crippen LogP contribution in [0.2, 0.25) is 10.0 Å². The molecule has 0 aromatic heterocycles. The van der Waals surface area contributed by atoms with Crippen molar-refractivity contribution in [1.82, 2.24) is 0 Å². The van der Waals surface area contributed by atoms with Gasteiger partial charge in [0.25, 0.3) is 0 Å². The summed E-state index contributed by atoms with van der Waals surface area (Å²) in [5.41, 5.74) is 0.311. The van der Waals surface area contributed by atoms with Crippen molar-refractivity contribution in [2.24, 2.45) is 0 Å². The molecule has 21 heavy (non-hydrogen) atoms. The van der Waals surface area contributed by atoms with E-state index >= 15 is 0 Å². The normalized spacial score (nSPS) is 11.5. The molecule has 0 aliphatic rings. The standard InChI is InChI=1S/C14H9BrCl2F3N/c15-10-3-1-8(5-12(10)17)7-21-13-6-9(14(18,19)20)2-4-11(13)16/h1-6,21H,7H2. The minimum atomic E-state index is -4.40. The van der Waals surface area contributed by atoms with Gasteiger partial charge in [-0.25, -0.2) is 0 Å². The molecule has 0 amide bonds. The summed E-state index contributed by atoms with van der Waals surface area (Å²) in [6, 6.07) is 8.46. The van der Waals surface area contributed by atoms with E-state index in [0.717, 1.165) is 22.2 Å². The summed E-state index contributed by atoms with van der Waals surface area (Å²) in [5, 5.41) is 3.64. The molecule has 2 rings (SSSR count). The van der Waals surface area contributed by atoms with E-state index in [-0.39, 0.29) is 10.7 Å². The van der Waals surface area contributed by atoms with Crippen LogP contribution < -0.4 is 5.32 Å². The van der Waals surface area contributed by atoms with Crippen molar-refractivity contribution in [2.75, 3.05) is 5.32 Å². The second-order valence-corrected chi connectivity index (χ2v) is 5.96. The quantitative estimate of drug-likeness (QED) is 0.631. The molecule has 0 unspecified atom stereocenters. The molecule has 7 heteroatoms. The van der Waals surface area contributed by atoms with Gasteiger partial charge < -0.3 is 5.32 Å². The molecule has 0 heterocycles. The second-order valence-electron chi connectivity index (χ2n) is 4.29. The Balaban J connectivity index is 2.17. The van der Waals surface area contributed by atoms with E-state index in [1.807, 2.05) is 6.07 Å². The molecule has 0 aliphatic carbocycles. The molecule has 0 saturated carbocycles. The van der Waals surface area contributed by atoms with E-state index in [9.17, 15) is 13.2 Å². The molecule has 1 nitrogen and oxygen atoms in total. The summed E-state index contributed by atoms with van der Waals surface area (Å²) in [4.78, 5) is 0. The smallest absolute Gasteiger partial charge is 0.380 e. The van der Waals surface area contributed by atoms with Crippen molar-refractivity contribution in [2.45, 2.75) is 12.7 Å². The fraction of sp³-hybridized carbons (Fsp3) is 0.143. The Bertz CT molecular complexity index is 659. The number of benzene rings is 2. The van der Waals surface area contributed by atoms with Gasteiger partial charge in [-0.3, -0.25) is 0 Å². The first-order valence-corrected chi connectivity index (χ1v) is 7.37. The van der Waals surface area contributed by atoms with Crippen molar-refractivity contribution < 1.29 is 13.2 Å². The average Bonchev–Trinajstić information content (AvgIpc) is 2.40. The Kier molecular flexibility index (Phi) is 5.07. The van der Waals surface area contributed by atoms with E-state index < -0.39 is 11.7 Å². The monoisotopic (exact) mass is 397 g/mol. The maximum Gasteiger partial charge on any atom is 0.416 e. The second kappa shape index (κ2) is 6.46. The predicted octanol–water partition coefficient (Wildman–Crippen LogP) is 6.39. The number of hydrogen-bond donors (Lipinski definition) is 1. The highest BCUT2D eigenvalue weighted by Gasteiger charge is 2.30. The number of nitrogens with one attached hydrogen (secondary N) is 1. The van der Waals surface area contributed by atoms with Gasteiger partial charge in [-0.1, -0.05) is 29.3 Å². The zero-order valence-corrected chi connectivity index (χ0v) is 13.5. The number of anilines is 1. The van der Waals surface area contributed by atoms with Gasteiger partial charge in [-0.05, 0) is 51.8 Å². The van der Waals surface area contributed by atoms with E-state index in [2.05, 4.69) is 21.2 Å². The fourth-order valence-electron chi connectivity index (χ4n) is 1.68. The largest absolute Gasteiger partial charge is 0.416 e. The van der Waals surface area contributed by atoms with Crippen molar-refractivity contribution in [1.29, 1.82) is 0 Å². The minimum absolute atomic E-state index is 0.227. The van der Waals surface area contributed by atoms with Crippen LogP contribution in [0.15, 0.2) is 40.9 Å². The SMILES string of the molecule is FC(F)(F)c1ccc(Cl)c(NCc2ccc(Br)c(Cl)c2)c1. The molecule has 0 atom stereocenters. The first kappa shape index (κ1) is 16.5. The topological polar surface area (TPSA) is 12.0 Å². The van der Waals surface area contributed by atoms with Crippen LogP contribution >= 0.6 is 39.1 Å². The van der Waals surface area contributed by atoms with Gasteiger partial charge in [-0.2, -0.15) is 13.2 Å². The van der Waals surface area contributed by atoms with Crippen molar-refractivity contribution >= 4 is 44.8 Å². The van der Waals surface area contributed by atoms with E-state index in [0.29, 0.717) is 11.6 Å². The third-order valence-electron chi connectivity index (χ3n) is 2.76. The summed E-state index contributed by atoms with van der Waals surface area (Å²) in [5.74, 6) is 0. The Morgan fingerprint density at radius 2 is 1.71 bits per heavy atom. The highest BCUT2D eigenvalue weighted by atomic mass is 79.9. The third kappa shape index (κ3) is 4.28. The minimum Gasteiger partial charge on any atom is -0.380 e. The summed E-state index contributed by atoms with van der Waals surface area (Å²) in [7, 11) is 0. The van der Waals surface area contributed by atoms with Gasteiger partial charge in [0.1, 0.15) is 0 Å². The molecular weight excluding hydrogens is 390 g/mol. The lowest BCUT2D eigenvalue weighted by Crippen LogP contribution is -2.07. The maximum absolute atomic E-state index is 12.7. The zero-order chi connectivity index (χ0) is 15.6. The van der Waals surface area contributed by atoms with Crippen LogP contribution in [0.3, 0.4) is 0 Å². The predicted molar refractivity (Wildman–Crippen MR) is 82.9 cm³/mol. The van der Waals surface area contributed by atoms with E-state index in [4.69, 9.17) is 23.2 Å². The van der Waals surface area contributed by atoms with Gasteiger partial charge in [0.15, 0.2) is 0 Å². The molecule has 1 N–H and O–H groups in total. The van der Waals surface area contributed by atoms with Crippen LogP contribution in [0.5, 0.6) is 0 Å².